The van der Waals surface area contributed by atoms with Crippen LogP contribution in [0.15, 0.2) is 24.5 Å². The first-order valence-corrected chi connectivity index (χ1v) is 10.9. The number of aliphatic hydroxyl groups is 1. The van der Waals surface area contributed by atoms with E-state index < -0.39 is 29.9 Å². The Kier molecular flexibility index (Phi) is 7.21. The molecule has 0 bridgehead atoms. The van der Waals surface area contributed by atoms with Gasteiger partial charge in [-0.3, -0.25) is 4.79 Å². The number of nitriles is 1. The van der Waals surface area contributed by atoms with E-state index in [9.17, 15) is 18.7 Å². The number of halogens is 2. The molecule has 0 unspecified atom stereocenters. The third-order valence-electron chi connectivity index (χ3n) is 5.29. The number of amides is 1. The average molecular weight is 487 g/mol. The van der Waals surface area contributed by atoms with Crippen molar-refractivity contribution in [2.24, 2.45) is 0 Å². The topological polar surface area (TPSA) is 155 Å². The van der Waals surface area contributed by atoms with Crippen LogP contribution in [0, 0.1) is 11.3 Å². The fraction of sp³-hybridized carbons (Fsp3) is 0.435. The molecule has 186 valence electrons. The van der Waals surface area contributed by atoms with Gasteiger partial charge in [0.25, 0.3) is 5.91 Å². The highest BCUT2D eigenvalue weighted by atomic mass is 19.1. The van der Waals surface area contributed by atoms with Crippen molar-refractivity contribution in [3.8, 4) is 11.9 Å². The highest BCUT2D eigenvalue weighted by Crippen LogP contribution is 2.24. The minimum Gasteiger partial charge on any atom is -0.387 e. The van der Waals surface area contributed by atoms with E-state index in [0.717, 1.165) is 0 Å². The van der Waals surface area contributed by atoms with Crippen molar-refractivity contribution in [1.29, 1.82) is 5.26 Å². The minimum absolute atomic E-state index is 0.0360. The predicted octanol–water partition coefficient (Wildman–Crippen LogP) is 2.66. The van der Waals surface area contributed by atoms with E-state index in [4.69, 9.17) is 11.0 Å². The number of nitrogens with zero attached hydrogens (tertiary/aromatic N) is 5. The maximum Gasteiger partial charge on any atom is 0.255 e. The van der Waals surface area contributed by atoms with Gasteiger partial charge in [0.05, 0.1) is 35.2 Å². The Morgan fingerprint density at radius 3 is 2.66 bits per heavy atom. The number of alkyl halides is 2. The van der Waals surface area contributed by atoms with Gasteiger partial charge in [0.2, 0.25) is 0 Å². The Morgan fingerprint density at radius 1 is 1.31 bits per heavy atom. The van der Waals surface area contributed by atoms with Crippen molar-refractivity contribution < 1.29 is 18.7 Å². The van der Waals surface area contributed by atoms with Crippen LogP contribution in [0.5, 0.6) is 0 Å². The smallest absolute Gasteiger partial charge is 0.255 e. The third kappa shape index (κ3) is 6.19. The molecule has 3 aromatic heterocycles. The molecule has 12 heteroatoms. The summed E-state index contributed by atoms with van der Waals surface area (Å²) in [5.41, 5.74) is 3.78. The summed E-state index contributed by atoms with van der Waals surface area (Å²) >= 11 is 0. The zero-order chi connectivity index (χ0) is 26.0. The maximum absolute atomic E-state index is 14.1. The normalized spacial score (nSPS) is 12.9. The van der Waals surface area contributed by atoms with Gasteiger partial charge in [0.15, 0.2) is 11.5 Å². The quantitative estimate of drug-likeness (QED) is 0.360. The second-order valence-electron chi connectivity index (χ2n) is 9.32. The van der Waals surface area contributed by atoms with Crippen LogP contribution in [-0.2, 0) is 0 Å². The minimum atomic E-state index is -1.69. The Bertz CT molecular complexity index is 1270. The van der Waals surface area contributed by atoms with Crippen LogP contribution in [-0.4, -0.2) is 61.3 Å². The van der Waals surface area contributed by atoms with Crippen molar-refractivity contribution in [2.75, 3.05) is 24.1 Å². The van der Waals surface area contributed by atoms with Gasteiger partial charge in [-0.1, -0.05) is 0 Å². The van der Waals surface area contributed by atoms with E-state index in [-0.39, 0.29) is 35.7 Å². The summed E-state index contributed by atoms with van der Waals surface area (Å²) in [5, 5.41) is 29.2. The predicted molar refractivity (Wildman–Crippen MR) is 128 cm³/mol. The number of hydrogen-bond acceptors (Lipinski definition) is 8. The summed E-state index contributed by atoms with van der Waals surface area (Å²) in [6.07, 6.45) is 1.26. The second-order valence-corrected chi connectivity index (χ2v) is 9.32. The fourth-order valence-corrected chi connectivity index (χ4v) is 3.14. The molecule has 0 saturated heterocycles. The van der Waals surface area contributed by atoms with E-state index >= 15 is 0 Å². The SMILES string of the molecule is CC(C)(F)CCNc1cc(-n2ncc3cc(C#N)c(N)nc32)ncc1C(=O)NC[C@@H](F)C(C)(C)O. The van der Waals surface area contributed by atoms with Crippen molar-refractivity contribution in [1.82, 2.24) is 25.1 Å². The molecule has 3 heterocycles. The molecule has 0 fully saturated rings. The standard InChI is InChI=1S/C23H28F2N8O2/c1-22(2,25)5-6-28-16-8-18(29-11-15(16)21(34)30-12-17(24)23(3,4)35)33-20-14(10-31-33)7-13(9-26)19(27)32-20/h7-8,10-11,17,35H,5-6,12H2,1-4H3,(H2,27,32)(H,28,29)(H,30,34)/t17-/m1/s1. The first kappa shape index (κ1) is 25.8. The molecule has 0 saturated carbocycles. The molecule has 0 radical (unpaired) electrons. The summed E-state index contributed by atoms with van der Waals surface area (Å²) < 4.78 is 29.5. The van der Waals surface area contributed by atoms with Gasteiger partial charge >= 0.3 is 0 Å². The Morgan fingerprint density at radius 2 is 2.03 bits per heavy atom. The number of nitrogens with one attached hydrogen (secondary N) is 2. The van der Waals surface area contributed by atoms with E-state index in [1.165, 1.54) is 50.8 Å². The van der Waals surface area contributed by atoms with Gasteiger partial charge < -0.3 is 21.5 Å². The molecule has 3 rings (SSSR count). The number of hydrogen-bond donors (Lipinski definition) is 4. The molecule has 1 atom stereocenters. The first-order chi connectivity index (χ1) is 16.3. The number of carbonyl (C=O) groups is 1. The lowest BCUT2D eigenvalue weighted by molar-refractivity contribution is -0.00177. The highest BCUT2D eigenvalue weighted by molar-refractivity contribution is 5.99. The molecule has 1 amide bonds. The number of pyridine rings is 2. The summed E-state index contributed by atoms with van der Waals surface area (Å²) in [6, 6.07) is 5.05. The lowest BCUT2D eigenvalue weighted by Crippen LogP contribution is -2.42. The Balaban J connectivity index is 1.96. The van der Waals surface area contributed by atoms with Gasteiger partial charge in [0, 0.05) is 24.2 Å². The van der Waals surface area contributed by atoms with E-state index in [1.807, 2.05) is 6.07 Å². The number of carbonyl (C=O) groups excluding carboxylic acids is 1. The molecule has 10 nitrogen and oxygen atoms in total. The van der Waals surface area contributed by atoms with Crippen molar-refractivity contribution in [3.05, 3.63) is 35.7 Å². The number of rotatable bonds is 9. The molecule has 35 heavy (non-hydrogen) atoms. The molecule has 3 aromatic rings. The molecule has 0 aromatic carbocycles. The van der Waals surface area contributed by atoms with Crippen LogP contribution in [0.25, 0.3) is 16.9 Å². The Hall–Kier alpha value is -3.85. The number of anilines is 2. The van der Waals surface area contributed by atoms with Crippen LogP contribution < -0.4 is 16.4 Å². The summed E-state index contributed by atoms with van der Waals surface area (Å²) in [4.78, 5) is 21.3. The van der Waals surface area contributed by atoms with Crippen molar-refractivity contribution in [3.63, 3.8) is 0 Å². The van der Waals surface area contributed by atoms with E-state index in [1.54, 1.807) is 6.07 Å². The zero-order valence-electron chi connectivity index (χ0n) is 19.9. The number of aromatic nitrogens is 4. The second kappa shape index (κ2) is 9.79. The van der Waals surface area contributed by atoms with Crippen LogP contribution >= 0.6 is 0 Å². The molecule has 0 aliphatic rings. The van der Waals surface area contributed by atoms with Gasteiger partial charge in [-0.05, 0) is 40.2 Å². The van der Waals surface area contributed by atoms with E-state index in [0.29, 0.717) is 16.7 Å². The molecule has 0 aliphatic carbocycles. The van der Waals surface area contributed by atoms with Crippen LogP contribution in [0.4, 0.5) is 20.3 Å². The fourth-order valence-electron chi connectivity index (χ4n) is 3.14. The highest BCUT2D eigenvalue weighted by Gasteiger charge is 2.27. The molecular formula is C23H28F2N8O2. The monoisotopic (exact) mass is 486 g/mol. The largest absolute Gasteiger partial charge is 0.387 e. The number of nitrogens with two attached hydrogens (primary N) is 1. The summed E-state index contributed by atoms with van der Waals surface area (Å²) in [7, 11) is 0. The molecular weight excluding hydrogens is 458 g/mol. The van der Waals surface area contributed by atoms with Gasteiger partial charge in [-0.15, -0.1) is 0 Å². The van der Waals surface area contributed by atoms with Gasteiger partial charge in [-0.2, -0.15) is 15.0 Å². The third-order valence-corrected chi connectivity index (χ3v) is 5.29. The zero-order valence-corrected chi connectivity index (χ0v) is 19.9. The number of fused-ring (bicyclic) bond motifs is 1. The van der Waals surface area contributed by atoms with Crippen LogP contribution in [0.1, 0.15) is 50.0 Å². The van der Waals surface area contributed by atoms with Crippen LogP contribution in [0.2, 0.25) is 0 Å². The Labute approximate surface area is 201 Å². The van der Waals surface area contributed by atoms with Crippen molar-refractivity contribution >= 4 is 28.4 Å². The molecule has 0 spiro atoms. The molecule has 0 aliphatic heterocycles. The lowest BCUT2D eigenvalue weighted by Gasteiger charge is -2.23. The van der Waals surface area contributed by atoms with Crippen molar-refractivity contribution in [2.45, 2.75) is 51.6 Å². The number of nitrogen functional groups attached to an aromatic ring is 1. The summed E-state index contributed by atoms with van der Waals surface area (Å²) in [6.45, 7) is 5.30. The van der Waals surface area contributed by atoms with Crippen LogP contribution in [0.3, 0.4) is 0 Å². The van der Waals surface area contributed by atoms with Gasteiger partial charge in [-0.25, -0.2) is 18.7 Å². The maximum atomic E-state index is 14.1. The van der Waals surface area contributed by atoms with E-state index in [2.05, 4.69) is 25.7 Å². The summed E-state index contributed by atoms with van der Waals surface area (Å²) in [5.74, 6) is -0.298. The van der Waals surface area contributed by atoms with Gasteiger partial charge in [0.1, 0.15) is 23.7 Å². The first-order valence-electron chi connectivity index (χ1n) is 10.9. The average Bonchev–Trinajstić information content (AvgIpc) is 3.17. The lowest BCUT2D eigenvalue weighted by atomic mass is 10.0. The molecule has 5 N–H and O–H groups in total.